The Bertz CT molecular complexity index is 1170. The molecule has 0 bridgehead atoms. The Kier molecular flexibility index (Phi) is 5.15. The van der Waals surface area contributed by atoms with Crippen molar-refractivity contribution in [2.24, 2.45) is 0 Å². The standard InChI is InChI=1S/C22H22F2N4O2/c1-13(20-26-16-9-5-6-10-17(16)28(20)21(23)24)25-22(29)27(3)14(2)19-12-15-8-4-7-11-18(15)30-19/h4-14,21H,1-3H3,(H,25,29)/t13-,14+/m0/s1. The van der Waals surface area contributed by atoms with Crippen molar-refractivity contribution in [1.82, 2.24) is 19.8 Å². The molecule has 2 aromatic carbocycles. The van der Waals surface area contributed by atoms with Crippen molar-refractivity contribution in [2.45, 2.75) is 32.5 Å². The molecule has 156 valence electrons. The molecule has 30 heavy (non-hydrogen) atoms. The van der Waals surface area contributed by atoms with Gasteiger partial charge >= 0.3 is 12.6 Å². The number of halogens is 2. The normalized spacial score (nSPS) is 13.7. The van der Waals surface area contributed by atoms with E-state index in [2.05, 4.69) is 10.3 Å². The van der Waals surface area contributed by atoms with Crippen molar-refractivity contribution < 1.29 is 18.0 Å². The average Bonchev–Trinajstić information content (AvgIpc) is 3.34. The molecule has 2 aromatic heterocycles. The number of nitrogens with zero attached hydrogens (tertiary/aromatic N) is 3. The zero-order valence-corrected chi connectivity index (χ0v) is 16.8. The van der Waals surface area contributed by atoms with Crippen LogP contribution in [0.15, 0.2) is 59.0 Å². The lowest BCUT2D eigenvalue weighted by Gasteiger charge is -2.25. The number of fused-ring (bicyclic) bond motifs is 2. The number of alkyl halides is 2. The number of hydrogen-bond donors (Lipinski definition) is 1. The quantitative estimate of drug-likeness (QED) is 0.461. The highest BCUT2D eigenvalue weighted by atomic mass is 19.3. The number of aromatic nitrogens is 2. The summed E-state index contributed by atoms with van der Waals surface area (Å²) in [4.78, 5) is 18.6. The number of furan rings is 1. The molecule has 6 nitrogen and oxygen atoms in total. The third-order valence-corrected chi connectivity index (χ3v) is 5.30. The van der Waals surface area contributed by atoms with E-state index in [0.29, 0.717) is 16.8 Å². The molecule has 1 N–H and O–H groups in total. The number of carbonyl (C=O) groups excluding carboxylic acids is 1. The lowest BCUT2D eigenvalue weighted by atomic mass is 10.2. The highest BCUT2D eigenvalue weighted by Crippen LogP contribution is 2.29. The molecular weight excluding hydrogens is 390 g/mol. The van der Waals surface area contributed by atoms with Crippen LogP contribution in [-0.2, 0) is 0 Å². The predicted molar refractivity (Wildman–Crippen MR) is 110 cm³/mol. The largest absolute Gasteiger partial charge is 0.459 e. The van der Waals surface area contributed by atoms with Gasteiger partial charge < -0.3 is 14.6 Å². The molecule has 0 unspecified atom stereocenters. The average molecular weight is 412 g/mol. The second-order valence-electron chi connectivity index (χ2n) is 7.25. The van der Waals surface area contributed by atoms with Gasteiger partial charge in [0, 0.05) is 12.4 Å². The van der Waals surface area contributed by atoms with Gasteiger partial charge in [-0.05, 0) is 38.1 Å². The molecule has 0 spiro atoms. The van der Waals surface area contributed by atoms with Crippen LogP contribution in [0.3, 0.4) is 0 Å². The number of carbonyl (C=O) groups is 1. The number of hydrogen-bond acceptors (Lipinski definition) is 3. The van der Waals surface area contributed by atoms with Gasteiger partial charge in [0.1, 0.15) is 17.2 Å². The van der Waals surface area contributed by atoms with Gasteiger partial charge in [-0.15, -0.1) is 0 Å². The van der Waals surface area contributed by atoms with Crippen LogP contribution >= 0.6 is 0 Å². The van der Waals surface area contributed by atoms with Gasteiger partial charge in [-0.1, -0.05) is 30.3 Å². The number of urea groups is 1. The van der Waals surface area contributed by atoms with Crippen molar-refractivity contribution >= 4 is 28.0 Å². The minimum absolute atomic E-state index is 0.101. The summed E-state index contributed by atoms with van der Waals surface area (Å²) in [6.45, 7) is 0.715. The molecule has 2 heterocycles. The van der Waals surface area contributed by atoms with Crippen molar-refractivity contribution in [2.75, 3.05) is 7.05 Å². The molecule has 4 rings (SSSR count). The number of benzene rings is 2. The first-order valence-electron chi connectivity index (χ1n) is 9.63. The zero-order chi connectivity index (χ0) is 21.4. The summed E-state index contributed by atoms with van der Waals surface area (Å²) < 4.78 is 34.1. The first kappa shape index (κ1) is 19.9. The smallest absolute Gasteiger partial charge is 0.320 e. The van der Waals surface area contributed by atoms with Crippen LogP contribution in [0.5, 0.6) is 0 Å². The molecular formula is C22H22F2N4O2. The molecule has 0 aliphatic rings. The Morgan fingerprint density at radius 2 is 1.83 bits per heavy atom. The Morgan fingerprint density at radius 1 is 1.13 bits per heavy atom. The third-order valence-electron chi connectivity index (χ3n) is 5.30. The molecule has 4 aromatic rings. The fraction of sp³-hybridized carbons (Fsp3) is 0.273. The highest BCUT2D eigenvalue weighted by Gasteiger charge is 2.26. The predicted octanol–water partition coefficient (Wildman–Crippen LogP) is 5.64. The monoisotopic (exact) mass is 412 g/mol. The molecule has 0 radical (unpaired) electrons. The van der Waals surface area contributed by atoms with Gasteiger partial charge in [0.25, 0.3) is 0 Å². The Labute approximate surface area is 172 Å². The molecule has 0 fully saturated rings. The number of imidazole rings is 1. The van der Waals surface area contributed by atoms with E-state index in [9.17, 15) is 13.6 Å². The van der Waals surface area contributed by atoms with Crippen LogP contribution in [0.1, 0.15) is 44.1 Å². The summed E-state index contributed by atoms with van der Waals surface area (Å²) in [6, 6.07) is 14.7. The van der Waals surface area contributed by atoms with Gasteiger partial charge in [-0.2, -0.15) is 8.78 Å². The van der Waals surface area contributed by atoms with Crippen molar-refractivity contribution in [3.63, 3.8) is 0 Å². The van der Waals surface area contributed by atoms with Gasteiger partial charge in [0.2, 0.25) is 0 Å². The molecule has 8 heteroatoms. The Morgan fingerprint density at radius 3 is 2.57 bits per heavy atom. The fourth-order valence-corrected chi connectivity index (χ4v) is 3.50. The van der Waals surface area contributed by atoms with E-state index in [1.165, 1.54) is 4.90 Å². The first-order chi connectivity index (χ1) is 14.4. The summed E-state index contributed by atoms with van der Waals surface area (Å²) >= 11 is 0. The zero-order valence-electron chi connectivity index (χ0n) is 16.8. The summed E-state index contributed by atoms with van der Waals surface area (Å²) in [6.07, 6.45) is 0. The maximum Gasteiger partial charge on any atom is 0.320 e. The van der Waals surface area contributed by atoms with Crippen molar-refractivity contribution in [3.05, 3.63) is 66.2 Å². The minimum atomic E-state index is -2.76. The van der Waals surface area contributed by atoms with E-state index in [1.807, 2.05) is 37.3 Å². The van der Waals surface area contributed by atoms with E-state index in [-0.39, 0.29) is 11.9 Å². The fourth-order valence-electron chi connectivity index (χ4n) is 3.50. The van der Waals surface area contributed by atoms with Gasteiger partial charge in [-0.25, -0.2) is 9.78 Å². The first-order valence-corrected chi connectivity index (χ1v) is 9.63. The number of amides is 2. The van der Waals surface area contributed by atoms with E-state index in [1.54, 1.807) is 38.2 Å². The van der Waals surface area contributed by atoms with Crippen LogP contribution in [0.2, 0.25) is 0 Å². The summed E-state index contributed by atoms with van der Waals surface area (Å²) in [7, 11) is 1.63. The molecule has 2 atom stereocenters. The van der Waals surface area contributed by atoms with Crippen LogP contribution < -0.4 is 5.32 Å². The van der Waals surface area contributed by atoms with Crippen molar-refractivity contribution in [1.29, 1.82) is 0 Å². The lowest BCUT2D eigenvalue weighted by Crippen LogP contribution is -2.40. The highest BCUT2D eigenvalue weighted by molar-refractivity contribution is 5.79. The number of nitrogens with one attached hydrogen (secondary N) is 1. The summed E-state index contributed by atoms with van der Waals surface area (Å²) in [5, 5.41) is 3.72. The molecule has 0 saturated carbocycles. The number of rotatable bonds is 5. The van der Waals surface area contributed by atoms with E-state index < -0.39 is 18.6 Å². The van der Waals surface area contributed by atoms with Crippen LogP contribution in [0.4, 0.5) is 13.6 Å². The van der Waals surface area contributed by atoms with Gasteiger partial charge in [0.05, 0.1) is 23.1 Å². The van der Waals surface area contributed by atoms with Crippen LogP contribution in [-0.4, -0.2) is 27.5 Å². The second kappa shape index (κ2) is 7.78. The summed E-state index contributed by atoms with van der Waals surface area (Å²) in [5.74, 6) is 0.741. The van der Waals surface area contributed by atoms with Gasteiger partial charge in [0.15, 0.2) is 0 Å². The molecule has 0 aliphatic carbocycles. The third kappa shape index (κ3) is 3.49. The van der Waals surface area contributed by atoms with E-state index >= 15 is 0 Å². The second-order valence-corrected chi connectivity index (χ2v) is 7.25. The SMILES string of the molecule is C[C@H](NC(=O)N(C)[C@H](C)c1cc2ccccc2o1)c1nc2ccccc2n1C(F)F. The van der Waals surface area contributed by atoms with Crippen molar-refractivity contribution in [3.8, 4) is 0 Å². The van der Waals surface area contributed by atoms with Crippen LogP contribution in [0, 0.1) is 0 Å². The maximum absolute atomic E-state index is 13.7. The molecule has 2 amide bonds. The van der Waals surface area contributed by atoms with E-state index in [4.69, 9.17) is 4.42 Å². The topological polar surface area (TPSA) is 63.3 Å². The minimum Gasteiger partial charge on any atom is -0.459 e. The molecule has 0 aliphatic heterocycles. The van der Waals surface area contributed by atoms with Crippen LogP contribution in [0.25, 0.3) is 22.0 Å². The van der Waals surface area contributed by atoms with Gasteiger partial charge in [-0.3, -0.25) is 4.57 Å². The molecule has 0 saturated heterocycles. The maximum atomic E-state index is 13.7. The lowest BCUT2D eigenvalue weighted by molar-refractivity contribution is 0.0697. The Hall–Kier alpha value is -3.42. The number of para-hydroxylation sites is 3. The summed E-state index contributed by atoms with van der Waals surface area (Å²) in [5.41, 5.74) is 1.53. The Balaban J connectivity index is 1.54. The van der Waals surface area contributed by atoms with E-state index in [0.717, 1.165) is 15.5 Å².